The van der Waals surface area contributed by atoms with Gasteiger partial charge in [0.2, 0.25) is 0 Å². The van der Waals surface area contributed by atoms with Gasteiger partial charge in [0.05, 0.1) is 16.5 Å². The number of para-hydroxylation sites is 1. The van der Waals surface area contributed by atoms with Gasteiger partial charge in [-0.25, -0.2) is 9.78 Å². The summed E-state index contributed by atoms with van der Waals surface area (Å²) in [7, 11) is 0. The van der Waals surface area contributed by atoms with E-state index in [-0.39, 0.29) is 5.56 Å². The standard InChI is InChI=1S/C19H18N2O3/c1-11-8-12(2)10-14(9-11)19(23)24-13(3)17-20-16-7-5-4-6-15(16)18(22)21-17/h4-10,13H,1-3H3,(H,20,21,22)/t13-/m1/s1. The van der Waals surface area contributed by atoms with Crippen molar-refractivity contribution >= 4 is 16.9 Å². The third-order valence-corrected chi connectivity index (χ3v) is 3.76. The van der Waals surface area contributed by atoms with Crippen molar-refractivity contribution < 1.29 is 9.53 Å². The Bertz CT molecular complexity index is 956. The van der Waals surface area contributed by atoms with Crippen molar-refractivity contribution in [1.29, 1.82) is 0 Å². The number of H-pyrrole nitrogens is 1. The topological polar surface area (TPSA) is 72.0 Å². The Morgan fingerprint density at radius 2 is 1.79 bits per heavy atom. The van der Waals surface area contributed by atoms with Crippen LogP contribution in [0.5, 0.6) is 0 Å². The number of esters is 1. The van der Waals surface area contributed by atoms with E-state index in [1.165, 1.54) is 0 Å². The average Bonchev–Trinajstić information content (AvgIpc) is 2.53. The van der Waals surface area contributed by atoms with Crippen LogP contribution in [-0.4, -0.2) is 15.9 Å². The van der Waals surface area contributed by atoms with Crippen LogP contribution in [0.2, 0.25) is 0 Å². The van der Waals surface area contributed by atoms with Crippen LogP contribution in [0.4, 0.5) is 0 Å². The number of aromatic nitrogens is 2. The summed E-state index contributed by atoms with van der Waals surface area (Å²) >= 11 is 0. The van der Waals surface area contributed by atoms with Gasteiger partial charge >= 0.3 is 5.97 Å². The molecule has 2 aromatic carbocycles. The van der Waals surface area contributed by atoms with Gasteiger partial charge in [-0.2, -0.15) is 0 Å². The molecule has 0 fully saturated rings. The zero-order valence-corrected chi connectivity index (χ0v) is 13.8. The molecule has 3 aromatic rings. The number of hydrogen-bond donors (Lipinski definition) is 1. The van der Waals surface area contributed by atoms with Gasteiger partial charge in [-0.1, -0.05) is 29.3 Å². The van der Waals surface area contributed by atoms with Gasteiger partial charge in [-0.05, 0) is 45.0 Å². The number of benzene rings is 2. The van der Waals surface area contributed by atoms with E-state index >= 15 is 0 Å². The molecule has 0 aliphatic rings. The third kappa shape index (κ3) is 3.20. The van der Waals surface area contributed by atoms with E-state index in [0.29, 0.717) is 22.3 Å². The van der Waals surface area contributed by atoms with Crippen LogP contribution in [-0.2, 0) is 4.74 Å². The van der Waals surface area contributed by atoms with Crippen LogP contribution in [0.3, 0.4) is 0 Å². The van der Waals surface area contributed by atoms with Crippen LogP contribution in [0.15, 0.2) is 47.3 Å². The molecule has 0 spiro atoms. The number of carbonyl (C=O) groups is 1. The fourth-order valence-electron chi connectivity index (χ4n) is 2.67. The number of carbonyl (C=O) groups excluding carboxylic acids is 1. The van der Waals surface area contributed by atoms with Crippen molar-refractivity contribution in [3.63, 3.8) is 0 Å². The second-order valence-corrected chi connectivity index (χ2v) is 5.89. The first-order valence-corrected chi connectivity index (χ1v) is 7.72. The molecular formula is C19H18N2O3. The van der Waals surface area contributed by atoms with Crippen molar-refractivity contribution in [2.45, 2.75) is 26.9 Å². The predicted octanol–water partition coefficient (Wildman–Crippen LogP) is 3.46. The predicted molar refractivity (Wildman–Crippen MR) is 92.1 cm³/mol. The number of nitrogens with one attached hydrogen (secondary N) is 1. The van der Waals surface area contributed by atoms with Crippen molar-refractivity contribution in [3.05, 3.63) is 75.3 Å². The van der Waals surface area contributed by atoms with Crippen LogP contribution in [0, 0.1) is 13.8 Å². The van der Waals surface area contributed by atoms with E-state index in [1.54, 1.807) is 37.3 Å². The molecule has 1 atom stereocenters. The van der Waals surface area contributed by atoms with Crippen LogP contribution < -0.4 is 5.56 Å². The second kappa shape index (κ2) is 6.28. The molecule has 0 amide bonds. The van der Waals surface area contributed by atoms with Crippen molar-refractivity contribution in [1.82, 2.24) is 9.97 Å². The quantitative estimate of drug-likeness (QED) is 0.750. The maximum absolute atomic E-state index is 12.3. The van der Waals surface area contributed by atoms with Gasteiger partial charge in [-0.15, -0.1) is 0 Å². The molecule has 122 valence electrons. The van der Waals surface area contributed by atoms with E-state index in [1.807, 2.05) is 26.0 Å². The van der Waals surface area contributed by atoms with Crippen LogP contribution in [0.1, 0.15) is 40.3 Å². The maximum atomic E-state index is 12.3. The SMILES string of the molecule is Cc1cc(C)cc(C(=O)O[C@H](C)c2nc3ccccc3c(=O)[nH]2)c1. The van der Waals surface area contributed by atoms with Crippen LogP contribution >= 0.6 is 0 Å². The molecule has 0 saturated carbocycles. The first-order chi connectivity index (χ1) is 11.4. The molecule has 3 rings (SSSR count). The number of aromatic amines is 1. The Labute approximate surface area is 139 Å². The molecule has 1 aromatic heterocycles. The Kier molecular flexibility index (Phi) is 4.16. The Balaban J connectivity index is 1.88. The molecule has 1 heterocycles. The van der Waals surface area contributed by atoms with Gasteiger partial charge in [0.25, 0.3) is 5.56 Å². The largest absolute Gasteiger partial charge is 0.451 e. The zero-order valence-electron chi connectivity index (χ0n) is 13.8. The van der Waals surface area contributed by atoms with Gasteiger partial charge in [0.1, 0.15) is 0 Å². The number of fused-ring (bicyclic) bond motifs is 1. The van der Waals surface area contributed by atoms with Gasteiger partial charge in [0, 0.05) is 0 Å². The summed E-state index contributed by atoms with van der Waals surface area (Å²) in [6, 6.07) is 12.6. The average molecular weight is 322 g/mol. The highest BCUT2D eigenvalue weighted by atomic mass is 16.5. The highest BCUT2D eigenvalue weighted by molar-refractivity contribution is 5.90. The summed E-state index contributed by atoms with van der Waals surface area (Å²) in [5.74, 6) is -0.110. The maximum Gasteiger partial charge on any atom is 0.338 e. The summed E-state index contributed by atoms with van der Waals surface area (Å²) in [4.78, 5) is 31.5. The first kappa shape index (κ1) is 15.9. The molecule has 0 radical (unpaired) electrons. The number of rotatable bonds is 3. The van der Waals surface area contributed by atoms with Gasteiger partial charge < -0.3 is 9.72 Å². The molecule has 0 unspecified atom stereocenters. The fourth-order valence-corrected chi connectivity index (χ4v) is 2.67. The lowest BCUT2D eigenvalue weighted by Gasteiger charge is -2.13. The molecule has 5 nitrogen and oxygen atoms in total. The summed E-state index contributed by atoms with van der Waals surface area (Å²) in [5.41, 5.74) is 2.80. The summed E-state index contributed by atoms with van der Waals surface area (Å²) in [5, 5.41) is 0.508. The summed E-state index contributed by atoms with van der Waals surface area (Å²) < 4.78 is 5.46. The lowest BCUT2D eigenvalue weighted by molar-refractivity contribution is 0.0320. The molecular weight excluding hydrogens is 304 g/mol. The minimum atomic E-state index is -0.657. The smallest absolute Gasteiger partial charge is 0.338 e. The number of nitrogens with zero attached hydrogens (tertiary/aromatic N) is 1. The number of ether oxygens (including phenoxy) is 1. The van der Waals surface area contributed by atoms with Crippen molar-refractivity contribution in [3.8, 4) is 0 Å². The molecule has 1 N–H and O–H groups in total. The molecule has 5 heteroatoms. The summed E-state index contributed by atoms with van der Waals surface area (Å²) in [6.45, 7) is 5.54. The minimum absolute atomic E-state index is 0.245. The normalized spacial score (nSPS) is 12.1. The second-order valence-electron chi connectivity index (χ2n) is 5.89. The monoisotopic (exact) mass is 322 g/mol. The Morgan fingerprint density at radius 3 is 2.50 bits per heavy atom. The Morgan fingerprint density at radius 1 is 1.12 bits per heavy atom. The van der Waals surface area contributed by atoms with E-state index in [0.717, 1.165) is 11.1 Å². The third-order valence-electron chi connectivity index (χ3n) is 3.76. The minimum Gasteiger partial charge on any atom is -0.451 e. The first-order valence-electron chi connectivity index (χ1n) is 7.72. The van der Waals surface area contributed by atoms with Gasteiger partial charge in [0.15, 0.2) is 11.9 Å². The van der Waals surface area contributed by atoms with E-state index in [4.69, 9.17) is 4.74 Å². The molecule has 24 heavy (non-hydrogen) atoms. The van der Waals surface area contributed by atoms with Crippen molar-refractivity contribution in [2.24, 2.45) is 0 Å². The molecule has 0 saturated heterocycles. The Hall–Kier alpha value is -2.95. The lowest BCUT2D eigenvalue weighted by atomic mass is 10.1. The molecule has 0 aliphatic carbocycles. The van der Waals surface area contributed by atoms with E-state index in [2.05, 4.69) is 9.97 Å². The highest BCUT2D eigenvalue weighted by Gasteiger charge is 2.17. The fraction of sp³-hybridized carbons (Fsp3) is 0.211. The summed E-state index contributed by atoms with van der Waals surface area (Å²) in [6.07, 6.45) is -0.657. The van der Waals surface area contributed by atoms with Crippen molar-refractivity contribution in [2.75, 3.05) is 0 Å². The van der Waals surface area contributed by atoms with E-state index in [9.17, 15) is 9.59 Å². The van der Waals surface area contributed by atoms with Gasteiger partial charge in [-0.3, -0.25) is 4.79 Å². The molecule has 0 aliphatic heterocycles. The zero-order chi connectivity index (χ0) is 17.3. The number of aryl methyl sites for hydroxylation is 2. The van der Waals surface area contributed by atoms with E-state index < -0.39 is 12.1 Å². The lowest BCUT2D eigenvalue weighted by Crippen LogP contribution is -2.17. The van der Waals surface area contributed by atoms with Crippen LogP contribution in [0.25, 0.3) is 10.9 Å². The number of hydrogen-bond acceptors (Lipinski definition) is 4. The highest BCUT2D eigenvalue weighted by Crippen LogP contribution is 2.17. The molecule has 0 bridgehead atoms.